The molecule has 0 radical (unpaired) electrons. The first kappa shape index (κ1) is 26.9. The van der Waals surface area contributed by atoms with E-state index in [0.29, 0.717) is 5.95 Å². The monoisotopic (exact) mass is 614 g/mol. The Morgan fingerprint density at radius 2 is 0.958 bits per heavy atom. The van der Waals surface area contributed by atoms with Gasteiger partial charge in [0.05, 0.1) is 33.3 Å². The van der Waals surface area contributed by atoms with Crippen molar-refractivity contribution >= 4 is 65.3 Å². The Kier molecular flexibility index (Phi) is 5.67. The van der Waals surface area contributed by atoms with Crippen LogP contribution in [0.15, 0.2) is 146 Å². The summed E-state index contributed by atoms with van der Waals surface area (Å²) in [6.45, 7) is 4.36. The zero-order valence-corrected chi connectivity index (χ0v) is 26.6. The fraction of sp³-hybridized carbons (Fsp3) is 0.0455. The van der Waals surface area contributed by atoms with Gasteiger partial charge >= 0.3 is 0 Å². The molecule has 0 N–H and O–H groups in total. The highest BCUT2D eigenvalue weighted by molar-refractivity contribution is 6.37. The molecular formula is C44H30N4. The lowest BCUT2D eigenvalue weighted by Crippen LogP contribution is -2.04. The summed E-state index contributed by atoms with van der Waals surface area (Å²) < 4.78 is 4.76. The highest BCUT2D eigenvalue weighted by atomic mass is 15.2. The Hall–Kier alpha value is -6.26. The molecular weight excluding hydrogens is 585 g/mol. The van der Waals surface area contributed by atoms with Crippen LogP contribution in [0.25, 0.3) is 88.2 Å². The van der Waals surface area contributed by atoms with Gasteiger partial charge in [-0.05, 0) is 56.3 Å². The van der Waals surface area contributed by atoms with E-state index in [4.69, 9.17) is 9.97 Å². The quantitative estimate of drug-likeness (QED) is 0.198. The van der Waals surface area contributed by atoms with E-state index in [1.54, 1.807) is 0 Å². The van der Waals surface area contributed by atoms with E-state index < -0.39 is 0 Å². The predicted molar refractivity (Wildman–Crippen MR) is 201 cm³/mol. The summed E-state index contributed by atoms with van der Waals surface area (Å²) in [4.78, 5) is 10.7. The molecule has 48 heavy (non-hydrogen) atoms. The summed E-state index contributed by atoms with van der Waals surface area (Å²) in [7, 11) is 0. The van der Waals surface area contributed by atoms with Crippen molar-refractivity contribution in [1.82, 2.24) is 19.1 Å². The van der Waals surface area contributed by atoms with Crippen molar-refractivity contribution in [2.45, 2.75) is 13.8 Å². The maximum absolute atomic E-state index is 5.40. The largest absolute Gasteiger partial charge is 0.309 e. The van der Waals surface area contributed by atoms with Crippen LogP contribution in [0.2, 0.25) is 0 Å². The first-order valence-corrected chi connectivity index (χ1v) is 16.4. The molecule has 0 saturated carbocycles. The van der Waals surface area contributed by atoms with E-state index >= 15 is 0 Å². The third-order valence-electron chi connectivity index (χ3n) is 9.79. The Bertz CT molecular complexity index is 2900. The van der Waals surface area contributed by atoms with E-state index in [1.807, 2.05) is 6.07 Å². The molecule has 3 heterocycles. The fourth-order valence-corrected chi connectivity index (χ4v) is 7.76. The van der Waals surface area contributed by atoms with Crippen molar-refractivity contribution in [2.75, 3.05) is 0 Å². The van der Waals surface area contributed by atoms with Crippen molar-refractivity contribution in [3.63, 3.8) is 0 Å². The summed E-state index contributed by atoms with van der Waals surface area (Å²) in [5.41, 5.74) is 11.2. The molecule has 0 aliphatic carbocycles. The van der Waals surface area contributed by atoms with Gasteiger partial charge in [0, 0.05) is 49.0 Å². The van der Waals surface area contributed by atoms with Crippen LogP contribution in [0.1, 0.15) is 11.1 Å². The molecule has 10 aromatic rings. The first-order chi connectivity index (χ1) is 23.7. The second-order valence-electron chi connectivity index (χ2n) is 12.8. The van der Waals surface area contributed by atoms with Crippen LogP contribution in [0.3, 0.4) is 0 Å². The smallest absolute Gasteiger partial charge is 0.235 e. The standard InChI is InChI=1S/C44H30N4/c1-27-21-23-37-34(25-27)39-40-35-26-28(2)22-24-38(35)48(44-45-36-20-12-11-19-33(36)41(46-44)29-13-5-3-6-14-29)43(40)32-18-10-9-17-31(32)42(39)47(37)30-15-7-4-8-16-30/h3-26H,1-2H3. The number of benzene rings is 7. The lowest BCUT2D eigenvalue weighted by Gasteiger charge is -2.14. The number of hydrogen-bond donors (Lipinski definition) is 0. The maximum Gasteiger partial charge on any atom is 0.235 e. The van der Waals surface area contributed by atoms with Crippen LogP contribution >= 0.6 is 0 Å². The van der Waals surface area contributed by atoms with Gasteiger partial charge in [0.1, 0.15) is 0 Å². The number of hydrogen-bond acceptors (Lipinski definition) is 2. The zero-order chi connectivity index (χ0) is 31.9. The molecule has 4 nitrogen and oxygen atoms in total. The minimum Gasteiger partial charge on any atom is -0.309 e. The molecule has 0 saturated heterocycles. The Labute approximate surface area is 277 Å². The molecule has 7 aromatic carbocycles. The Balaban J connectivity index is 1.47. The second kappa shape index (κ2) is 10.1. The summed E-state index contributed by atoms with van der Waals surface area (Å²) in [6.07, 6.45) is 0. The van der Waals surface area contributed by atoms with Gasteiger partial charge in [0.2, 0.25) is 5.95 Å². The van der Waals surface area contributed by atoms with E-state index in [-0.39, 0.29) is 0 Å². The van der Waals surface area contributed by atoms with Crippen molar-refractivity contribution in [3.05, 3.63) is 157 Å². The summed E-state index contributed by atoms with van der Waals surface area (Å²) in [5.74, 6) is 0.670. The van der Waals surface area contributed by atoms with E-state index in [0.717, 1.165) is 38.9 Å². The predicted octanol–water partition coefficient (Wildman–Crippen LogP) is 11.3. The highest BCUT2D eigenvalue weighted by Crippen LogP contribution is 2.47. The second-order valence-corrected chi connectivity index (χ2v) is 12.8. The molecule has 0 bridgehead atoms. The molecule has 4 heteroatoms. The molecule has 0 spiro atoms. The average Bonchev–Trinajstić information content (AvgIpc) is 3.64. The molecule has 0 atom stereocenters. The van der Waals surface area contributed by atoms with Gasteiger partial charge in [0.15, 0.2) is 0 Å². The van der Waals surface area contributed by atoms with Gasteiger partial charge in [-0.25, -0.2) is 9.97 Å². The van der Waals surface area contributed by atoms with Gasteiger partial charge < -0.3 is 4.57 Å². The summed E-state index contributed by atoms with van der Waals surface area (Å²) >= 11 is 0. The maximum atomic E-state index is 5.40. The number of rotatable bonds is 3. The molecule has 0 aliphatic heterocycles. The normalized spacial score (nSPS) is 12.0. The van der Waals surface area contributed by atoms with Gasteiger partial charge in [0.25, 0.3) is 0 Å². The average molecular weight is 615 g/mol. The zero-order valence-electron chi connectivity index (χ0n) is 26.6. The van der Waals surface area contributed by atoms with Crippen molar-refractivity contribution < 1.29 is 0 Å². The highest BCUT2D eigenvalue weighted by Gasteiger charge is 2.25. The van der Waals surface area contributed by atoms with Gasteiger partial charge in [-0.1, -0.05) is 114 Å². The van der Waals surface area contributed by atoms with Crippen LogP contribution in [-0.4, -0.2) is 19.1 Å². The van der Waals surface area contributed by atoms with E-state index in [1.165, 1.54) is 54.5 Å². The molecule has 0 amide bonds. The third-order valence-corrected chi connectivity index (χ3v) is 9.79. The summed E-state index contributed by atoms with van der Waals surface area (Å²) in [5, 5.41) is 8.33. The van der Waals surface area contributed by atoms with Crippen molar-refractivity contribution in [1.29, 1.82) is 0 Å². The number of aryl methyl sites for hydroxylation is 2. The van der Waals surface area contributed by atoms with Crippen LogP contribution in [0, 0.1) is 13.8 Å². The number of nitrogens with zero attached hydrogens (tertiary/aromatic N) is 4. The topological polar surface area (TPSA) is 35.6 Å². The molecule has 0 aliphatic rings. The number of aromatic nitrogens is 4. The minimum atomic E-state index is 0.670. The van der Waals surface area contributed by atoms with Gasteiger partial charge in [-0.3, -0.25) is 4.57 Å². The minimum absolute atomic E-state index is 0.670. The Morgan fingerprint density at radius 1 is 0.438 bits per heavy atom. The fourth-order valence-electron chi connectivity index (χ4n) is 7.76. The molecule has 3 aromatic heterocycles. The SMILES string of the molecule is Cc1ccc2c(c1)c1c3c4cc(C)ccc4n(-c4nc(-c5ccccc5)c5ccccc5n4)c3c3ccccc3c1n2-c1ccccc1. The van der Waals surface area contributed by atoms with Crippen LogP contribution < -0.4 is 0 Å². The van der Waals surface area contributed by atoms with Gasteiger partial charge in [-0.2, -0.15) is 0 Å². The van der Waals surface area contributed by atoms with Crippen LogP contribution in [-0.2, 0) is 0 Å². The molecule has 10 rings (SSSR count). The molecule has 0 unspecified atom stereocenters. The van der Waals surface area contributed by atoms with E-state index in [2.05, 4.69) is 163 Å². The third kappa shape index (κ3) is 3.77. The molecule has 226 valence electrons. The lowest BCUT2D eigenvalue weighted by atomic mass is 9.98. The summed E-state index contributed by atoms with van der Waals surface area (Å²) in [6, 6.07) is 52.0. The lowest BCUT2D eigenvalue weighted by molar-refractivity contribution is 1.02. The number of para-hydroxylation sites is 2. The van der Waals surface area contributed by atoms with Crippen LogP contribution in [0.5, 0.6) is 0 Å². The van der Waals surface area contributed by atoms with Crippen molar-refractivity contribution in [2.24, 2.45) is 0 Å². The van der Waals surface area contributed by atoms with Crippen molar-refractivity contribution in [3.8, 4) is 22.9 Å². The Morgan fingerprint density at radius 3 is 1.60 bits per heavy atom. The van der Waals surface area contributed by atoms with E-state index in [9.17, 15) is 0 Å². The van der Waals surface area contributed by atoms with Crippen LogP contribution in [0.4, 0.5) is 0 Å². The molecule has 0 fully saturated rings. The first-order valence-electron chi connectivity index (χ1n) is 16.4. The number of fused-ring (bicyclic) bond motifs is 11. The van der Waals surface area contributed by atoms with Gasteiger partial charge in [-0.15, -0.1) is 0 Å².